The lowest BCUT2D eigenvalue weighted by atomic mass is 10.0. The van der Waals surface area contributed by atoms with Crippen LogP contribution in [0.5, 0.6) is 0 Å². The molecule has 4 nitrogen and oxygen atoms in total. The molecular formula is C16H22N2O2S. The van der Waals surface area contributed by atoms with E-state index in [-0.39, 0.29) is 0 Å². The van der Waals surface area contributed by atoms with Crippen LogP contribution in [-0.4, -0.2) is 25.9 Å². The Bertz CT molecular complexity index is 610. The van der Waals surface area contributed by atoms with Crippen molar-refractivity contribution in [2.24, 2.45) is 0 Å². The standard InChI is InChI=1S/C16H22N2O2S/c1-2-21(19,20)17-14-8-6-13(7-9-14)16-11-10-15-5-3-4-12-18(15)16/h2,6-9,15-17H,1,3-5,10-12H2/t15-,16-/m1/s1. The van der Waals surface area contributed by atoms with Gasteiger partial charge in [-0.25, -0.2) is 8.42 Å². The molecule has 0 spiro atoms. The number of sulfonamides is 1. The van der Waals surface area contributed by atoms with Crippen molar-refractivity contribution >= 4 is 15.7 Å². The van der Waals surface area contributed by atoms with E-state index in [1.54, 1.807) is 0 Å². The van der Waals surface area contributed by atoms with Crippen molar-refractivity contribution in [1.82, 2.24) is 4.90 Å². The van der Waals surface area contributed by atoms with Gasteiger partial charge in [0.15, 0.2) is 0 Å². The van der Waals surface area contributed by atoms with Gasteiger partial charge in [0.1, 0.15) is 0 Å². The molecule has 0 aliphatic carbocycles. The second-order valence-corrected chi connectivity index (χ2v) is 7.54. The van der Waals surface area contributed by atoms with Crippen LogP contribution in [0.1, 0.15) is 43.7 Å². The van der Waals surface area contributed by atoms with E-state index in [2.05, 4.69) is 16.2 Å². The van der Waals surface area contributed by atoms with E-state index >= 15 is 0 Å². The Morgan fingerprint density at radius 3 is 2.62 bits per heavy atom. The van der Waals surface area contributed by atoms with Gasteiger partial charge in [-0.15, -0.1) is 0 Å². The Kier molecular flexibility index (Phi) is 4.04. The lowest BCUT2D eigenvalue weighted by Crippen LogP contribution is -2.35. The molecule has 21 heavy (non-hydrogen) atoms. The van der Waals surface area contributed by atoms with Gasteiger partial charge in [0.25, 0.3) is 10.0 Å². The quantitative estimate of drug-likeness (QED) is 0.929. The lowest BCUT2D eigenvalue weighted by molar-refractivity contribution is 0.150. The van der Waals surface area contributed by atoms with Gasteiger partial charge >= 0.3 is 0 Å². The molecule has 0 unspecified atom stereocenters. The summed E-state index contributed by atoms with van der Waals surface area (Å²) in [5, 5.41) is 0.927. The molecule has 0 aromatic heterocycles. The molecule has 1 N–H and O–H groups in total. The van der Waals surface area contributed by atoms with Crippen molar-refractivity contribution in [3.63, 3.8) is 0 Å². The van der Waals surface area contributed by atoms with Crippen LogP contribution in [0.25, 0.3) is 0 Å². The van der Waals surface area contributed by atoms with Gasteiger partial charge in [-0.1, -0.05) is 25.1 Å². The number of piperidine rings is 1. The summed E-state index contributed by atoms with van der Waals surface area (Å²) in [7, 11) is -3.42. The summed E-state index contributed by atoms with van der Waals surface area (Å²) in [4.78, 5) is 2.63. The summed E-state index contributed by atoms with van der Waals surface area (Å²) in [5.74, 6) is 0. The highest BCUT2D eigenvalue weighted by Crippen LogP contribution is 2.40. The molecule has 0 saturated carbocycles. The smallest absolute Gasteiger partial charge is 0.254 e. The SMILES string of the molecule is C=CS(=O)(=O)Nc1ccc([C@H]2CC[C@H]3CCCCN32)cc1. The zero-order valence-corrected chi connectivity index (χ0v) is 13.0. The summed E-state index contributed by atoms with van der Waals surface area (Å²) in [5.41, 5.74) is 1.88. The molecule has 2 atom stereocenters. The number of anilines is 1. The molecule has 2 saturated heterocycles. The Balaban J connectivity index is 1.74. The van der Waals surface area contributed by atoms with Crippen molar-refractivity contribution in [2.45, 2.75) is 44.2 Å². The third kappa shape index (κ3) is 3.14. The van der Waals surface area contributed by atoms with E-state index in [4.69, 9.17) is 0 Å². The summed E-state index contributed by atoms with van der Waals surface area (Å²) in [6.45, 7) is 4.49. The van der Waals surface area contributed by atoms with E-state index in [0.29, 0.717) is 11.7 Å². The summed E-state index contributed by atoms with van der Waals surface area (Å²) in [6.07, 6.45) is 6.48. The fraction of sp³-hybridized carbons (Fsp3) is 0.500. The summed E-state index contributed by atoms with van der Waals surface area (Å²) < 4.78 is 25.4. The maximum Gasteiger partial charge on any atom is 0.254 e. The van der Waals surface area contributed by atoms with E-state index < -0.39 is 10.0 Å². The van der Waals surface area contributed by atoms with E-state index in [1.807, 2.05) is 24.3 Å². The first-order valence-corrected chi connectivity index (χ1v) is 9.15. The molecule has 1 aromatic rings. The van der Waals surface area contributed by atoms with Gasteiger partial charge in [-0.3, -0.25) is 9.62 Å². The number of hydrogen-bond donors (Lipinski definition) is 1. The van der Waals surface area contributed by atoms with Crippen molar-refractivity contribution in [3.05, 3.63) is 41.8 Å². The number of nitrogens with one attached hydrogen (secondary N) is 1. The van der Waals surface area contributed by atoms with Crippen LogP contribution in [0.15, 0.2) is 36.3 Å². The Morgan fingerprint density at radius 2 is 1.90 bits per heavy atom. The largest absolute Gasteiger partial charge is 0.293 e. The van der Waals surface area contributed by atoms with Crippen molar-refractivity contribution in [1.29, 1.82) is 0 Å². The average Bonchev–Trinajstić information content (AvgIpc) is 2.92. The number of rotatable bonds is 4. The molecule has 0 radical (unpaired) electrons. The van der Waals surface area contributed by atoms with Crippen molar-refractivity contribution in [2.75, 3.05) is 11.3 Å². The molecule has 2 heterocycles. The van der Waals surface area contributed by atoms with Crippen LogP contribution in [0.3, 0.4) is 0 Å². The second-order valence-electron chi connectivity index (χ2n) is 5.92. The zero-order chi connectivity index (χ0) is 14.9. The minimum atomic E-state index is -3.42. The van der Waals surface area contributed by atoms with E-state index in [0.717, 1.165) is 11.4 Å². The number of hydrogen-bond acceptors (Lipinski definition) is 3. The van der Waals surface area contributed by atoms with Gasteiger partial charge in [0, 0.05) is 23.2 Å². The third-order valence-corrected chi connectivity index (χ3v) is 5.58. The van der Waals surface area contributed by atoms with Gasteiger partial charge in [0.05, 0.1) is 0 Å². The molecule has 5 heteroatoms. The van der Waals surface area contributed by atoms with Crippen LogP contribution in [0.2, 0.25) is 0 Å². The first-order chi connectivity index (χ1) is 10.1. The Labute approximate surface area is 126 Å². The van der Waals surface area contributed by atoms with Crippen LogP contribution in [0, 0.1) is 0 Å². The summed E-state index contributed by atoms with van der Waals surface area (Å²) in [6, 6.07) is 9.02. The first-order valence-electron chi connectivity index (χ1n) is 7.60. The molecule has 0 bridgehead atoms. The first kappa shape index (κ1) is 14.6. The predicted molar refractivity (Wildman–Crippen MR) is 85.5 cm³/mol. The second kappa shape index (κ2) is 5.81. The lowest BCUT2D eigenvalue weighted by Gasteiger charge is -2.34. The number of fused-ring (bicyclic) bond motifs is 1. The summed E-state index contributed by atoms with van der Waals surface area (Å²) >= 11 is 0. The van der Waals surface area contributed by atoms with Gasteiger partial charge < -0.3 is 0 Å². The highest BCUT2D eigenvalue weighted by Gasteiger charge is 2.35. The molecular weight excluding hydrogens is 284 g/mol. The molecule has 3 rings (SSSR count). The highest BCUT2D eigenvalue weighted by atomic mass is 32.2. The van der Waals surface area contributed by atoms with Gasteiger partial charge in [-0.05, 0) is 49.9 Å². The van der Waals surface area contributed by atoms with Gasteiger partial charge in [-0.2, -0.15) is 0 Å². The van der Waals surface area contributed by atoms with Crippen LogP contribution < -0.4 is 4.72 Å². The van der Waals surface area contributed by atoms with Crippen LogP contribution >= 0.6 is 0 Å². The normalized spacial score (nSPS) is 26.3. The molecule has 2 aliphatic rings. The molecule has 2 aliphatic heterocycles. The minimum Gasteiger partial charge on any atom is -0.293 e. The van der Waals surface area contributed by atoms with Crippen LogP contribution in [-0.2, 0) is 10.0 Å². The highest BCUT2D eigenvalue weighted by molar-refractivity contribution is 7.95. The average molecular weight is 306 g/mol. The fourth-order valence-corrected chi connectivity index (χ4v) is 4.14. The number of nitrogens with zero attached hydrogens (tertiary/aromatic N) is 1. The van der Waals surface area contributed by atoms with Crippen molar-refractivity contribution < 1.29 is 8.42 Å². The van der Waals surface area contributed by atoms with Gasteiger partial charge in [0.2, 0.25) is 0 Å². The Morgan fingerprint density at radius 1 is 1.14 bits per heavy atom. The molecule has 1 aromatic carbocycles. The Hall–Kier alpha value is -1.33. The molecule has 0 amide bonds. The molecule has 114 valence electrons. The van der Waals surface area contributed by atoms with Crippen LogP contribution in [0.4, 0.5) is 5.69 Å². The maximum atomic E-state index is 11.5. The zero-order valence-electron chi connectivity index (χ0n) is 12.2. The minimum absolute atomic E-state index is 0.500. The predicted octanol–water partition coefficient (Wildman–Crippen LogP) is 3.26. The van der Waals surface area contributed by atoms with Crippen molar-refractivity contribution in [3.8, 4) is 0 Å². The van der Waals surface area contributed by atoms with E-state index in [1.165, 1.54) is 44.2 Å². The maximum absolute atomic E-state index is 11.5. The fourth-order valence-electron chi connectivity index (χ4n) is 3.60. The number of benzene rings is 1. The van der Waals surface area contributed by atoms with E-state index in [9.17, 15) is 8.42 Å². The topological polar surface area (TPSA) is 49.4 Å². The monoisotopic (exact) mass is 306 g/mol. The molecule has 2 fully saturated rings. The third-order valence-electron chi connectivity index (χ3n) is 4.62.